The maximum Gasteiger partial charge on any atom is 0.161 e. The van der Waals surface area contributed by atoms with Gasteiger partial charge in [0, 0.05) is 0 Å². The summed E-state index contributed by atoms with van der Waals surface area (Å²) in [5.74, 6) is 5.00. The summed E-state index contributed by atoms with van der Waals surface area (Å²) in [7, 11) is 0. The third kappa shape index (κ3) is 6.51. The van der Waals surface area contributed by atoms with E-state index < -0.39 is 5.41 Å². The molecule has 1 spiro atoms. The van der Waals surface area contributed by atoms with Crippen LogP contribution in [0.15, 0.2) is 66.7 Å². The van der Waals surface area contributed by atoms with Gasteiger partial charge < -0.3 is 18.9 Å². The highest BCUT2D eigenvalue weighted by atomic mass is 16.5. The number of ether oxygens (including phenoxy) is 4. The van der Waals surface area contributed by atoms with Crippen LogP contribution in [0, 0.1) is 30.6 Å². The Morgan fingerprint density at radius 2 is 0.820 bits per heavy atom. The second kappa shape index (κ2) is 15.1. The van der Waals surface area contributed by atoms with Crippen molar-refractivity contribution in [2.24, 2.45) is 23.7 Å². The first-order valence-corrected chi connectivity index (χ1v) is 19.2. The molecule has 2 aliphatic carbocycles. The molecule has 0 heterocycles. The Hall–Kier alpha value is -3.92. The molecule has 0 N–H and O–H groups in total. The summed E-state index contributed by atoms with van der Waals surface area (Å²) in [6.45, 7) is 22.6. The molecule has 4 unspecified atom stereocenters. The zero-order valence-electron chi connectivity index (χ0n) is 32.0. The molecule has 0 aromatic heterocycles. The Morgan fingerprint density at radius 3 is 1.26 bits per heavy atom. The monoisotopic (exact) mass is 674 g/mol. The van der Waals surface area contributed by atoms with Crippen LogP contribution >= 0.6 is 0 Å². The molecule has 4 nitrogen and oxygen atoms in total. The van der Waals surface area contributed by atoms with E-state index in [1.54, 1.807) is 0 Å². The van der Waals surface area contributed by atoms with E-state index >= 15 is 0 Å². The molecule has 4 atom stereocenters. The van der Waals surface area contributed by atoms with Gasteiger partial charge in [0.05, 0.1) is 31.8 Å². The Bertz CT molecular complexity index is 1720. The smallest absolute Gasteiger partial charge is 0.161 e. The topological polar surface area (TPSA) is 36.9 Å². The molecule has 0 radical (unpaired) electrons. The summed E-state index contributed by atoms with van der Waals surface area (Å²) in [6.07, 6.45) is 4.23. The fraction of sp³-hybridized carbons (Fsp3) is 0.478. The molecule has 0 aliphatic heterocycles. The highest BCUT2D eigenvalue weighted by molar-refractivity contribution is 5.96. The van der Waals surface area contributed by atoms with Gasteiger partial charge in [-0.1, -0.05) is 129 Å². The molecule has 6 rings (SSSR count). The van der Waals surface area contributed by atoms with Crippen molar-refractivity contribution >= 4 is 0 Å². The van der Waals surface area contributed by atoms with Gasteiger partial charge in [-0.3, -0.25) is 0 Å². The number of hydrogen-bond donors (Lipinski definition) is 0. The lowest BCUT2D eigenvalue weighted by atomic mass is 9.70. The van der Waals surface area contributed by atoms with Gasteiger partial charge in [0.15, 0.2) is 23.0 Å². The van der Waals surface area contributed by atoms with Crippen molar-refractivity contribution in [3.05, 3.63) is 94.5 Å². The van der Waals surface area contributed by atoms with Crippen molar-refractivity contribution in [2.75, 3.05) is 26.4 Å². The van der Waals surface area contributed by atoms with E-state index in [2.05, 4.69) is 129 Å². The van der Waals surface area contributed by atoms with E-state index in [-0.39, 0.29) is 0 Å². The number of rotatable bonds is 16. The molecular formula is C46H58O4. The quantitative estimate of drug-likeness (QED) is 0.102. The van der Waals surface area contributed by atoms with Gasteiger partial charge in [0.2, 0.25) is 0 Å². The Kier molecular flexibility index (Phi) is 10.9. The molecule has 50 heavy (non-hydrogen) atoms. The number of aryl methyl sites for hydroxylation is 1. The van der Waals surface area contributed by atoms with Crippen LogP contribution in [0.2, 0.25) is 0 Å². The highest BCUT2D eigenvalue weighted by Crippen LogP contribution is 2.65. The molecule has 0 fully saturated rings. The first-order chi connectivity index (χ1) is 24.2. The molecule has 4 aromatic rings. The number of hydrogen-bond acceptors (Lipinski definition) is 4. The lowest BCUT2D eigenvalue weighted by Crippen LogP contribution is -2.26. The van der Waals surface area contributed by atoms with Crippen LogP contribution in [0.25, 0.3) is 22.3 Å². The van der Waals surface area contributed by atoms with Crippen LogP contribution < -0.4 is 18.9 Å². The fourth-order valence-corrected chi connectivity index (χ4v) is 7.16. The zero-order chi connectivity index (χ0) is 35.6. The van der Waals surface area contributed by atoms with E-state index in [0.717, 1.165) is 48.7 Å². The molecule has 266 valence electrons. The van der Waals surface area contributed by atoms with Crippen LogP contribution in [-0.4, -0.2) is 26.4 Å². The van der Waals surface area contributed by atoms with E-state index in [9.17, 15) is 0 Å². The summed E-state index contributed by atoms with van der Waals surface area (Å²) >= 11 is 0. The molecular weight excluding hydrogens is 617 g/mol. The summed E-state index contributed by atoms with van der Waals surface area (Å²) < 4.78 is 26.7. The average molecular weight is 675 g/mol. The fourth-order valence-electron chi connectivity index (χ4n) is 7.16. The van der Waals surface area contributed by atoms with Gasteiger partial charge in [-0.25, -0.2) is 0 Å². The van der Waals surface area contributed by atoms with Crippen LogP contribution in [0.1, 0.15) is 109 Å². The van der Waals surface area contributed by atoms with E-state index in [4.69, 9.17) is 18.9 Å². The molecule has 2 aliphatic rings. The molecule has 0 saturated carbocycles. The molecule has 4 heteroatoms. The first kappa shape index (κ1) is 35.9. The largest absolute Gasteiger partial charge is 0.489 e. The summed E-state index contributed by atoms with van der Waals surface area (Å²) in [5, 5.41) is 0. The van der Waals surface area contributed by atoms with Crippen LogP contribution in [0.3, 0.4) is 0 Å². The van der Waals surface area contributed by atoms with Crippen LogP contribution in [-0.2, 0) is 5.41 Å². The Morgan fingerprint density at radius 1 is 0.440 bits per heavy atom. The molecule has 0 amide bonds. The number of fused-ring (bicyclic) bond motifs is 10. The number of benzene rings is 4. The van der Waals surface area contributed by atoms with E-state index in [0.29, 0.717) is 50.1 Å². The third-order valence-corrected chi connectivity index (χ3v) is 11.3. The third-order valence-electron chi connectivity index (χ3n) is 11.3. The predicted molar refractivity (Wildman–Crippen MR) is 207 cm³/mol. The Balaban J connectivity index is 1.65. The highest BCUT2D eigenvalue weighted by Gasteiger charge is 2.53. The molecule has 4 aromatic carbocycles. The summed E-state index contributed by atoms with van der Waals surface area (Å²) in [6, 6.07) is 25.0. The normalized spacial score (nSPS) is 17.7. The summed E-state index contributed by atoms with van der Waals surface area (Å²) in [5.41, 5.74) is 10.6. The van der Waals surface area contributed by atoms with Crippen molar-refractivity contribution in [1.29, 1.82) is 0 Å². The SMILES string of the molecule is CCC(C)COc1cc2c(cc1OCC(C)CC)C1(c3ccccc3-c3ccc(C)cc31)c1cc(OCC(C)CC)c(OCC(C)CC)cc1-2. The van der Waals surface area contributed by atoms with Gasteiger partial charge in [-0.2, -0.15) is 0 Å². The summed E-state index contributed by atoms with van der Waals surface area (Å²) in [4.78, 5) is 0. The second-order valence-corrected chi connectivity index (χ2v) is 15.3. The van der Waals surface area contributed by atoms with Crippen molar-refractivity contribution in [1.82, 2.24) is 0 Å². The second-order valence-electron chi connectivity index (χ2n) is 15.3. The van der Waals surface area contributed by atoms with Gasteiger partial charge in [0.25, 0.3) is 0 Å². The van der Waals surface area contributed by atoms with E-state index in [1.165, 1.54) is 50.1 Å². The van der Waals surface area contributed by atoms with Crippen molar-refractivity contribution in [3.63, 3.8) is 0 Å². The van der Waals surface area contributed by atoms with Gasteiger partial charge in [0.1, 0.15) is 0 Å². The minimum Gasteiger partial charge on any atom is -0.489 e. The van der Waals surface area contributed by atoms with Crippen molar-refractivity contribution in [2.45, 2.75) is 93.4 Å². The maximum atomic E-state index is 6.71. The first-order valence-electron chi connectivity index (χ1n) is 19.2. The lowest BCUT2D eigenvalue weighted by molar-refractivity contribution is 0.217. The predicted octanol–water partition coefficient (Wildman–Crippen LogP) is 12.0. The molecule has 0 bridgehead atoms. The van der Waals surface area contributed by atoms with Crippen molar-refractivity contribution in [3.8, 4) is 45.3 Å². The van der Waals surface area contributed by atoms with Gasteiger partial charge in [-0.05, 0) is 99.4 Å². The Labute approximate surface area is 301 Å². The molecule has 0 saturated heterocycles. The lowest BCUT2D eigenvalue weighted by Gasteiger charge is -2.31. The zero-order valence-corrected chi connectivity index (χ0v) is 32.0. The minimum atomic E-state index is -0.546. The van der Waals surface area contributed by atoms with E-state index in [1.807, 2.05) is 0 Å². The van der Waals surface area contributed by atoms with Crippen LogP contribution in [0.5, 0.6) is 23.0 Å². The van der Waals surface area contributed by atoms with Gasteiger partial charge >= 0.3 is 0 Å². The average Bonchev–Trinajstić information content (AvgIpc) is 3.58. The standard InChI is InChI=1S/C46H58O4/c1-10-29(5)25-47-42-21-36-37-22-43(48-26-30(6)11-2)45(50-28-32(8)13-4)24-41(37)46(40(36)23-44(42)49-27-31(7)12-3)38-17-15-14-16-34(38)35-19-18-33(9)20-39(35)46/h14-24,29-32H,10-13,25-28H2,1-9H3. The van der Waals surface area contributed by atoms with Crippen molar-refractivity contribution < 1.29 is 18.9 Å². The minimum absolute atomic E-state index is 0.433. The maximum absolute atomic E-state index is 6.71. The van der Waals surface area contributed by atoms with Crippen LogP contribution in [0.4, 0.5) is 0 Å². The van der Waals surface area contributed by atoms with Gasteiger partial charge in [-0.15, -0.1) is 0 Å².